The largest absolute Gasteiger partial charge is 0.350 e. The molecule has 0 spiro atoms. The molecule has 3 heteroatoms. The van der Waals surface area contributed by atoms with Gasteiger partial charge < -0.3 is 4.57 Å². The van der Waals surface area contributed by atoms with Gasteiger partial charge in [0.2, 0.25) is 0 Å². The van der Waals surface area contributed by atoms with E-state index in [-0.39, 0.29) is 0 Å². The summed E-state index contributed by atoms with van der Waals surface area (Å²) in [5.41, 5.74) is 1.23. The fourth-order valence-electron chi connectivity index (χ4n) is 1.24. The van der Waals surface area contributed by atoms with Crippen molar-refractivity contribution in [3.05, 3.63) is 42.5 Å². The van der Waals surface area contributed by atoms with Gasteiger partial charge >= 0.3 is 0 Å². The zero-order valence-corrected chi connectivity index (χ0v) is 7.01. The SMILES string of the molecule is Cn1cc(Cn2cccc2)cn1. The minimum absolute atomic E-state index is 0.904. The van der Waals surface area contributed by atoms with Crippen LogP contribution in [-0.4, -0.2) is 14.3 Å². The molecule has 2 aromatic heterocycles. The Kier molecular flexibility index (Phi) is 1.70. The lowest BCUT2D eigenvalue weighted by Gasteiger charge is -1.97. The Labute approximate surface area is 71.2 Å². The lowest BCUT2D eigenvalue weighted by atomic mass is 10.3. The highest BCUT2D eigenvalue weighted by atomic mass is 15.2. The van der Waals surface area contributed by atoms with E-state index in [1.807, 2.05) is 48.6 Å². The highest BCUT2D eigenvalue weighted by Gasteiger charge is 1.95. The maximum absolute atomic E-state index is 4.10. The average molecular weight is 161 g/mol. The molecule has 12 heavy (non-hydrogen) atoms. The second-order valence-corrected chi connectivity index (χ2v) is 2.88. The fourth-order valence-corrected chi connectivity index (χ4v) is 1.24. The van der Waals surface area contributed by atoms with E-state index in [2.05, 4.69) is 9.67 Å². The number of rotatable bonds is 2. The van der Waals surface area contributed by atoms with Crippen LogP contribution < -0.4 is 0 Å². The van der Waals surface area contributed by atoms with Crippen molar-refractivity contribution >= 4 is 0 Å². The van der Waals surface area contributed by atoms with Crippen molar-refractivity contribution in [2.45, 2.75) is 6.54 Å². The zero-order valence-electron chi connectivity index (χ0n) is 7.01. The van der Waals surface area contributed by atoms with E-state index < -0.39 is 0 Å². The number of nitrogens with zero attached hydrogens (tertiary/aromatic N) is 3. The van der Waals surface area contributed by atoms with Gasteiger partial charge in [-0.05, 0) is 12.1 Å². The summed E-state index contributed by atoms with van der Waals surface area (Å²) in [6, 6.07) is 4.05. The van der Waals surface area contributed by atoms with Gasteiger partial charge in [0.25, 0.3) is 0 Å². The second-order valence-electron chi connectivity index (χ2n) is 2.88. The predicted octanol–water partition coefficient (Wildman–Crippen LogP) is 1.27. The van der Waals surface area contributed by atoms with Gasteiger partial charge in [0.05, 0.1) is 12.7 Å². The quantitative estimate of drug-likeness (QED) is 0.650. The summed E-state index contributed by atoms with van der Waals surface area (Å²) in [6.45, 7) is 0.904. The Balaban J connectivity index is 2.14. The first-order valence-electron chi connectivity index (χ1n) is 3.93. The maximum Gasteiger partial charge on any atom is 0.0539 e. The third-order valence-corrected chi connectivity index (χ3v) is 1.79. The van der Waals surface area contributed by atoms with E-state index in [1.165, 1.54) is 5.56 Å². The minimum Gasteiger partial charge on any atom is -0.350 e. The molecule has 0 fully saturated rings. The molecule has 0 aromatic carbocycles. The Hall–Kier alpha value is -1.51. The molecule has 0 saturated heterocycles. The number of aryl methyl sites for hydroxylation is 1. The highest BCUT2D eigenvalue weighted by Crippen LogP contribution is 2.00. The summed E-state index contributed by atoms with van der Waals surface area (Å²) in [6.07, 6.45) is 8.01. The van der Waals surface area contributed by atoms with Gasteiger partial charge in [-0.2, -0.15) is 5.10 Å². The van der Waals surface area contributed by atoms with E-state index in [0.717, 1.165) is 6.54 Å². The van der Waals surface area contributed by atoms with Gasteiger partial charge in [-0.15, -0.1) is 0 Å². The fraction of sp³-hybridized carbons (Fsp3) is 0.222. The van der Waals surface area contributed by atoms with Crippen LogP contribution in [0.15, 0.2) is 36.9 Å². The van der Waals surface area contributed by atoms with Gasteiger partial charge in [-0.3, -0.25) is 4.68 Å². The molecule has 62 valence electrons. The molecular weight excluding hydrogens is 150 g/mol. The summed E-state index contributed by atoms with van der Waals surface area (Å²) in [4.78, 5) is 0. The molecule has 0 aliphatic carbocycles. The molecule has 0 amide bonds. The van der Waals surface area contributed by atoms with Crippen LogP contribution in [-0.2, 0) is 13.6 Å². The van der Waals surface area contributed by atoms with E-state index in [9.17, 15) is 0 Å². The Morgan fingerprint density at radius 1 is 1.33 bits per heavy atom. The second kappa shape index (κ2) is 2.85. The normalized spacial score (nSPS) is 10.4. The lowest BCUT2D eigenvalue weighted by molar-refractivity contribution is 0.763. The molecule has 0 aliphatic heterocycles. The van der Waals surface area contributed by atoms with E-state index in [1.54, 1.807) is 0 Å². The Morgan fingerprint density at radius 3 is 2.67 bits per heavy atom. The van der Waals surface area contributed by atoms with Gasteiger partial charge in [0.15, 0.2) is 0 Å². The van der Waals surface area contributed by atoms with Crippen molar-refractivity contribution in [2.24, 2.45) is 7.05 Å². The van der Waals surface area contributed by atoms with Crippen molar-refractivity contribution in [1.29, 1.82) is 0 Å². The van der Waals surface area contributed by atoms with Crippen LogP contribution in [0.4, 0.5) is 0 Å². The molecule has 2 heterocycles. The van der Waals surface area contributed by atoms with Crippen LogP contribution in [0.25, 0.3) is 0 Å². The van der Waals surface area contributed by atoms with Crippen LogP contribution in [0.2, 0.25) is 0 Å². The van der Waals surface area contributed by atoms with Crippen LogP contribution >= 0.6 is 0 Å². The monoisotopic (exact) mass is 161 g/mol. The van der Waals surface area contributed by atoms with Crippen molar-refractivity contribution in [1.82, 2.24) is 14.3 Å². The van der Waals surface area contributed by atoms with Gasteiger partial charge in [-0.1, -0.05) is 0 Å². The predicted molar refractivity (Wildman–Crippen MR) is 46.7 cm³/mol. The van der Waals surface area contributed by atoms with Crippen molar-refractivity contribution in [3.8, 4) is 0 Å². The maximum atomic E-state index is 4.10. The molecule has 2 rings (SSSR count). The van der Waals surface area contributed by atoms with Crippen LogP contribution in [0.1, 0.15) is 5.56 Å². The zero-order chi connectivity index (χ0) is 8.39. The molecule has 3 nitrogen and oxygen atoms in total. The molecule has 2 aromatic rings. The topological polar surface area (TPSA) is 22.8 Å². The number of hydrogen-bond acceptors (Lipinski definition) is 1. The van der Waals surface area contributed by atoms with Crippen LogP contribution in [0.3, 0.4) is 0 Å². The molecule has 0 radical (unpaired) electrons. The van der Waals surface area contributed by atoms with Crippen molar-refractivity contribution < 1.29 is 0 Å². The van der Waals surface area contributed by atoms with Crippen molar-refractivity contribution in [2.75, 3.05) is 0 Å². The molecule has 0 atom stereocenters. The van der Waals surface area contributed by atoms with E-state index >= 15 is 0 Å². The van der Waals surface area contributed by atoms with E-state index in [4.69, 9.17) is 0 Å². The van der Waals surface area contributed by atoms with Gasteiger partial charge in [0, 0.05) is 31.2 Å². The highest BCUT2D eigenvalue weighted by molar-refractivity contribution is 5.05. The first-order chi connectivity index (χ1) is 5.84. The minimum atomic E-state index is 0.904. The summed E-state index contributed by atoms with van der Waals surface area (Å²) in [5, 5.41) is 4.10. The summed E-state index contributed by atoms with van der Waals surface area (Å²) >= 11 is 0. The van der Waals surface area contributed by atoms with Gasteiger partial charge in [-0.25, -0.2) is 0 Å². The van der Waals surface area contributed by atoms with Crippen LogP contribution in [0.5, 0.6) is 0 Å². The first kappa shape index (κ1) is 7.16. The molecule has 0 saturated carbocycles. The first-order valence-corrected chi connectivity index (χ1v) is 3.93. The number of hydrogen-bond donors (Lipinski definition) is 0. The summed E-state index contributed by atoms with van der Waals surface area (Å²) in [5.74, 6) is 0. The third-order valence-electron chi connectivity index (χ3n) is 1.79. The van der Waals surface area contributed by atoms with Crippen LogP contribution in [0, 0.1) is 0 Å². The molecular formula is C9H11N3. The molecule has 0 bridgehead atoms. The summed E-state index contributed by atoms with van der Waals surface area (Å²) in [7, 11) is 1.93. The molecule has 0 aliphatic rings. The Morgan fingerprint density at radius 2 is 2.08 bits per heavy atom. The van der Waals surface area contributed by atoms with E-state index in [0.29, 0.717) is 0 Å². The smallest absolute Gasteiger partial charge is 0.0539 e. The van der Waals surface area contributed by atoms with Gasteiger partial charge in [0.1, 0.15) is 0 Å². The third kappa shape index (κ3) is 1.39. The molecule has 0 N–H and O–H groups in total. The van der Waals surface area contributed by atoms with Crippen molar-refractivity contribution in [3.63, 3.8) is 0 Å². The Bertz CT molecular complexity index is 345. The average Bonchev–Trinajstić information content (AvgIpc) is 2.63. The molecule has 0 unspecified atom stereocenters. The summed E-state index contributed by atoms with van der Waals surface area (Å²) < 4.78 is 3.94. The number of aromatic nitrogens is 3. The standard InChI is InChI=1S/C9H11N3/c1-11-7-9(6-10-11)8-12-4-2-3-5-12/h2-7H,8H2,1H3. The lowest BCUT2D eigenvalue weighted by Crippen LogP contribution is -1.94.